The largest absolute Gasteiger partial charge is 0.491 e. The van der Waals surface area contributed by atoms with Crippen molar-refractivity contribution in [2.45, 2.75) is 38.6 Å². The van der Waals surface area contributed by atoms with E-state index in [1.165, 1.54) is 0 Å². The van der Waals surface area contributed by atoms with E-state index in [9.17, 15) is 0 Å². The summed E-state index contributed by atoms with van der Waals surface area (Å²) in [5, 5.41) is 4.18. The number of rotatable bonds is 7. The Labute approximate surface area is 198 Å². The lowest BCUT2D eigenvalue weighted by Gasteiger charge is -2.29. The molecule has 1 fully saturated rings. The Morgan fingerprint density at radius 3 is 2.61 bits per heavy atom. The second-order valence-electron chi connectivity index (χ2n) is 8.30. The number of pyridine rings is 1. The molecule has 1 saturated heterocycles. The normalized spacial score (nSPS) is 18.0. The van der Waals surface area contributed by atoms with Gasteiger partial charge in [0.25, 0.3) is 0 Å². The molecular weight excluding hydrogens is 432 g/mol. The second-order valence-corrected chi connectivity index (χ2v) is 8.68. The molecule has 0 bridgehead atoms. The van der Waals surface area contributed by atoms with Crippen molar-refractivity contribution in [2.24, 2.45) is 0 Å². The maximum Gasteiger partial charge on any atom is 0.174 e. The zero-order valence-corrected chi connectivity index (χ0v) is 19.4. The number of nitrogens with zero attached hydrogens (tertiary/aromatic N) is 3. The van der Waals surface area contributed by atoms with Crippen LogP contribution in [0.4, 0.5) is 5.69 Å². The van der Waals surface area contributed by atoms with Gasteiger partial charge in [-0.3, -0.25) is 4.98 Å². The Morgan fingerprint density at radius 1 is 1.06 bits per heavy atom. The first-order valence-electron chi connectivity index (χ1n) is 11.0. The van der Waals surface area contributed by atoms with Gasteiger partial charge in [-0.25, -0.2) is 0 Å². The SMILES string of the molecule is CC(C)Oc1ccc(N2C(=S)N[C@@H](c3ccccn3)[C@@H]2c2cccn2Cc2ccco2)cc1. The van der Waals surface area contributed by atoms with Gasteiger partial charge < -0.3 is 23.9 Å². The number of aromatic nitrogens is 2. The molecule has 0 amide bonds. The summed E-state index contributed by atoms with van der Waals surface area (Å²) >= 11 is 5.84. The molecule has 1 aromatic carbocycles. The Bertz CT molecular complexity index is 1200. The summed E-state index contributed by atoms with van der Waals surface area (Å²) in [6.45, 7) is 4.69. The Hall–Kier alpha value is -3.58. The van der Waals surface area contributed by atoms with E-state index < -0.39 is 0 Å². The number of hydrogen-bond acceptors (Lipinski definition) is 4. The van der Waals surface area contributed by atoms with Gasteiger partial charge in [0.05, 0.1) is 30.6 Å². The molecule has 2 atom stereocenters. The summed E-state index contributed by atoms with van der Waals surface area (Å²) in [6.07, 6.45) is 5.72. The fraction of sp³-hybridized carbons (Fsp3) is 0.231. The van der Waals surface area contributed by atoms with Gasteiger partial charge in [0, 0.05) is 23.8 Å². The molecule has 0 radical (unpaired) electrons. The smallest absolute Gasteiger partial charge is 0.174 e. The number of anilines is 1. The van der Waals surface area contributed by atoms with Crippen molar-refractivity contribution in [3.63, 3.8) is 0 Å². The van der Waals surface area contributed by atoms with Crippen LogP contribution in [0, 0.1) is 0 Å². The van der Waals surface area contributed by atoms with E-state index in [0.29, 0.717) is 11.7 Å². The van der Waals surface area contributed by atoms with Crippen LogP contribution in [0.3, 0.4) is 0 Å². The molecule has 3 aromatic heterocycles. The summed E-state index contributed by atoms with van der Waals surface area (Å²) < 4.78 is 13.7. The number of furan rings is 1. The molecule has 0 saturated carbocycles. The minimum absolute atomic E-state index is 0.0887. The number of thiocarbonyl (C=S) groups is 1. The van der Waals surface area contributed by atoms with Gasteiger partial charge in [0.1, 0.15) is 17.6 Å². The van der Waals surface area contributed by atoms with E-state index in [1.54, 1.807) is 6.26 Å². The Kier molecular flexibility index (Phi) is 5.88. The third-order valence-electron chi connectivity index (χ3n) is 5.66. The van der Waals surface area contributed by atoms with Crippen LogP contribution in [0.25, 0.3) is 0 Å². The van der Waals surface area contributed by atoms with Crippen LogP contribution in [-0.2, 0) is 6.54 Å². The quantitative estimate of drug-likeness (QED) is 0.370. The van der Waals surface area contributed by atoms with Gasteiger partial charge in [-0.15, -0.1) is 0 Å². The highest BCUT2D eigenvalue weighted by atomic mass is 32.1. The maximum atomic E-state index is 5.84. The molecule has 4 heterocycles. The molecule has 4 aromatic rings. The highest BCUT2D eigenvalue weighted by molar-refractivity contribution is 7.80. The van der Waals surface area contributed by atoms with Crippen LogP contribution in [0.5, 0.6) is 5.75 Å². The van der Waals surface area contributed by atoms with Gasteiger partial charge in [-0.1, -0.05) is 6.07 Å². The van der Waals surface area contributed by atoms with Crippen molar-refractivity contribution in [3.8, 4) is 5.75 Å². The molecule has 0 unspecified atom stereocenters. The second kappa shape index (κ2) is 9.11. The van der Waals surface area contributed by atoms with Gasteiger partial charge in [0.2, 0.25) is 0 Å². The molecule has 1 aliphatic heterocycles. The third-order valence-corrected chi connectivity index (χ3v) is 5.97. The Morgan fingerprint density at radius 2 is 1.91 bits per heavy atom. The van der Waals surface area contributed by atoms with Gasteiger partial charge >= 0.3 is 0 Å². The highest BCUT2D eigenvalue weighted by Gasteiger charge is 2.42. The van der Waals surface area contributed by atoms with E-state index in [0.717, 1.165) is 28.6 Å². The van der Waals surface area contributed by atoms with E-state index >= 15 is 0 Å². The number of nitrogens with one attached hydrogen (secondary N) is 1. The van der Waals surface area contributed by atoms with Crippen LogP contribution in [0.2, 0.25) is 0 Å². The lowest BCUT2D eigenvalue weighted by Crippen LogP contribution is -2.30. The minimum Gasteiger partial charge on any atom is -0.491 e. The van der Waals surface area contributed by atoms with Crippen LogP contribution in [0.15, 0.2) is 89.8 Å². The number of ether oxygens (including phenoxy) is 1. The van der Waals surface area contributed by atoms with Gasteiger partial charge in [0.15, 0.2) is 5.11 Å². The van der Waals surface area contributed by atoms with E-state index in [1.807, 2.05) is 62.5 Å². The lowest BCUT2D eigenvalue weighted by molar-refractivity contribution is 0.242. The molecule has 1 aliphatic rings. The summed E-state index contributed by atoms with van der Waals surface area (Å²) in [6, 6.07) is 22.0. The maximum absolute atomic E-state index is 5.84. The predicted molar refractivity (Wildman–Crippen MR) is 132 cm³/mol. The molecule has 0 aliphatic carbocycles. The molecule has 33 heavy (non-hydrogen) atoms. The van der Waals surface area contributed by atoms with Crippen molar-refractivity contribution in [3.05, 3.63) is 103 Å². The first-order valence-corrected chi connectivity index (χ1v) is 11.5. The van der Waals surface area contributed by atoms with Crippen LogP contribution in [-0.4, -0.2) is 20.8 Å². The third kappa shape index (κ3) is 4.36. The Balaban J connectivity index is 1.55. The first-order chi connectivity index (χ1) is 16.1. The van der Waals surface area contributed by atoms with Crippen molar-refractivity contribution >= 4 is 23.0 Å². The monoisotopic (exact) mass is 458 g/mol. The molecule has 7 heteroatoms. The van der Waals surface area contributed by atoms with E-state index in [2.05, 4.69) is 50.2 Å². The minimum atomic E-state index is -0.101. The molecular formula is C26H26N4O2S. The fourth-order valence-corrected chi connectivity index (χ4v) is 4.65. The molecule has 0 spiro atoms. The van der Waals surface area contributed by atoms with Crippen molar-refractivity contribution < 1.29 is 9.15 Å². The van der Waals surface area contributed by atoms with Crippen LogP contribution in [0.1, 0.15) is 43.1 Å². The first kappa shape index (κ1) is 21.3. The summed E-state index contributed by atoms with van der Waals surface area (Å²) in [7, 11) is 0. The molecule has 6 nitrogen and oxygen atoms in total. The lowest BCUT2D eigenvalue weighted by atomic mass is 10.0. The molecule has 1 N–H and O–H groups in total. The predicted octanol–water partition coefficient (Wildman–Crippen LogP) is 5.49. The number of benzene rings is 1. The highest BCUT2D eigenvalue weighted by Crippen LogP contribution is 2.42. The average molecular weight is 459 g/mol. The van der Waals surface area contributed by atoms with Crippen LogP contribution < -0.4 is 15.0 Å². The van der Waals surface area contributed by atoms with Gasteiger partial charge in [-0.05, 0) is 86.7 Å². The topological polar surface area (TPSA) is 55.5 Å². The standard InChI is InChI=1S/C26H26N4O2S/c1-18(2)32-20-12-10-19(11-13-20)30-25(24(28-26(30)33)22-8-3-4-14-27-22)23-9-5-15-29(23)17-21-7-6-16-31-21/h3-16,18,24-25H,17H2,1-2H3,(H,28,33)/t24-,25-/m0/s1. The van der Waals surface area contributed by atoms with Crippen LogP contribution >= 0.6 is 12.2 Å². The summed E-state index contributed by atoms with van der Waals surface area (Å²) in [4.78, 5) is 6.81. The fourth-order valence-electron chi connectivity index (χ4n) is 4.30. The van der Waals surface area contributed by atoms with Gasteiger partial charge in [-0.2, -0.15) is 0 Å². The molecule has 5 rings (SSSR count). The zero-order chi connectivity index (χ0) is 22.8. The summed E-state index contributed by atoms with van der Waals surface area (Å²) in [5.41, 5.74) is 3.06. The molecule has 168 valence electrons. The average Bonchev–Trinajstić information content (AvgIpc) is 3.55. The zero-order valence-electron chi connectivity index (χ0n) is 18.6. The van der Waals surface area contributed by atoms with Crippen molar-refractivity contribution in [1.82, 2.24) is 14.9 Å². The summed E-state index contributed by atoms with van der Waals surface area (Å²) in [5.74, 6) is 1.74. The van der Waals surface area contributed by atoms with E-state index in [4.69, 9.17) is 21.4 Å². The number of hydrogen-bond donors (Lipinski definition) is 1. The van der Waals surface area contributed by atoms with Crippen molar-refractivity contribution in [1.29, 1.82) is 0 Å². The van der Waals surface area contributed by atoms with E-state index in [-0.39, 0.29) is 18.2 Å². The van der Waals surface area contributed by atoms with Crippen molar-refractivity contribution in [2.75, 3.05) is 4.90 Å².